The summed E-state index contributed by atoms with van der Waals surface area (Å²) in [6.45, 7) is 1.65. The van der Waals surface area contributed by atoms with Crippen molar-refractivity contribution in [1.29, 1.82) is 0 Å². The Morgan fingerprint density at radius 1 is 1.03 bits per heavy atom. The molecule has 1 aliphatic carbocycles. The molecule has 2 atom stereocenters. The Kier molecular flexibility index (Phi) is 6.89. The predicted molar refractivity (Wildman–Crippen MR) is 140 cm³/mol. The van der Waals surface area contributed by atoms with Crippen molar-refractivity contribution in [2.45, 2.75) is 38.8 Å². The van der Waals surface area contributed by atoms with Crippen LogP contribution in [0.25, 0.3) is 0 Å². The highest BCUT2D eigenvalue weighted by Gasteiger charge is 2.32. The van der Waals surface area contributed by atoms with Gasteiger partial charge in [0.2, 0.25) is 12.1 Å². The zero-order valence-electron chi connectivity index (χ0n) is 21.1. The van der Waals surface area contributed by atoms with Crippen LogP contribution in [0, 0.1) is 17.6 Å². The maximum absolute atomic E-state index is 13.6. The van der Waals surface area contributed by atoms with E-state index in [9.17, 15) is 23.2 Å². The third-order valence-corrected chi connectivity index (χ3v) is 7.12. The maximum atomic E-state index is 13.6. The number of amides is 2. The van der Waals surface area contributed by atoms with Gasteiger partial charge in [-0.15, -0.1) is 0 Å². The van der Waals surface area contributed by atoms with E-state index < -0.39 is 35.5 Å². The third-order valence-electron chi connectivity index (χ3n) is 7.12. The number of nitrogens with zero attached hydrogens (tertiary/aromatic N) is 2. The lowest BCUT2D eigenvalue weighted by Crippen LogP contribution is -2.47. The third kappa shape index (κ3) is 4.86. The molecule has 0 spiro atoms. The number of aryl methyl sites for hydroxylation is 1. The topological polar surface area (TPSA) is 78.8 Å². The van der Waals surface area contributed by atoms with Crippen molar-refractivity contribution in [1.82, 2.24) is 5.32 Å². The number of anilines is 1. The van der Waals surface area contributed by atoms with E-state index in [1.165, 1.54) is 11.0 Å². The van der Waals surface area contributed by atoms with Crippen molar-refractivity contribution in [2.24, 2.45) is 10.9 Å². The van der Waals surface area contributed by atoms with E-state index in [1.54, 1.807) is 14.0 Å². The number of fused-ring (bicyclic) bond motifs is 2. The molecule has 1 aliphatic heterocycles. The second-order valence-electron chi connectivity index (χ2n) is 9.81. The number of carbonyl (C=O) groups excluding carboxylic acids is 3. The van der Waals surface area contributed by atoms with Crippen molar-refractivity contribution >= 4 is 29.0 Å². The van der Waals surface area contributed by atoms with E-state index in [0.29, 0.717) is 28.9 Å². The van der Waals surface area contributed by atoms with Crippen LogP contribution in [0.15, 0.2) is 65.7 Å². The van der Waals surface area contributed by atoms with E-state index in [0.717, 1.165) is 41.7 Å². The molecule has 3 aromatic carbocycles. The molecule has 0 bridgehead atoms. The molecule has 194 valence electrons. The number of likely N-dealkylation sites (N-methyl/N-ethyl adjacent to an activating group) is 1. The average molecular weight is 516 g/mol. The van der Waals surface area contributed by atoms with Gasteiger partial charge in [-0.1, -0.05) is 43.3 Å². The minimum atomic E-state index is -1.19. The first kappa shape index (κ1) is 25.4. The molecule has 2 amide bonds. The minimum Gasteiger partial charge on any atom is -0.326 e. The second kappa shape index (κ2) is 10.3. The number of nitrogens with one attached hydrogen (secondary N) is 1. The Balaban J connectivity index is 1.48. The number of ketones is 1. The normalized spacial score (nSPS) is 17.7. The first-order valence-corrected chi connectivity index (χ1v) is 12.6. The number of benzene rings is 3. The largest absolute Gasteiger partial charge is 0.326 e. The van der Waals surface area contributed by atoms with E-state index >= 15 is 0 Å². The number of rotatable bonds is 5. The Hall–Kier alpha value is -4.20. The van der Waals surface area contributed by atoms with Gasteiger partial charge in [0.25, 0.3) is 5.91 Å². The molecule has 2 aliphatic rings. The number of Topliss-reactive ketones (excluding diaryl/α,β-unsaturated/α-hetero) is 1. The van der Waals surface area contributed by atoms with Gasteiger partial charge in [-0.2, -0.15) is 0 Å². The van der Waals surface area contributed by atoms with Gasteiger partial charge in [-0.25, -0.2) is 13.8 Å². The molecule has 0 aromatic heterocycles. The van der Waals surface area contributed by atoms with Gasteiger partial charge in [0, 0.05) is 36.1 Å². The van der Waals surface area contributed by atoms with Crippen LogP contribution in [0.1, 0.15) is 52.4 Å². The lowest BCUT2D eigenvalue weighted by molar-refractivity contribution is -0.129. The van der Waals surface area contributed by atoms with Crippen molar-refractivity contribution < 1.29 is 23.2 Å². The van der Waals surface area contributed by atoms with Crippen LogP contribution in [0.5, 0.6) is 0 Å². The molecule has 38 heavy (non-hydrogen) atoms. The fourth-order valence-electron chi connectivity index (χ4n) is 5.03. The second-order valence-corrected chi connectivity index (χ2v) is 9.81. The van der Waals surface area contributed by atoms with Gasteiger partial charge < -0.3 is 10.2 Å². The summed E-state index contributed by atoms with van der Waals surface area (Å²) < 4.78 is 26.9. The van der Waals surface area contributed by atoms with Gasteiger partial charge in [0.05, 0.1) is 11.4 Å². The van der Waals surface area contributed by atoms with Crippen LogP contribution in [0.3, 0.4) is 0 Å². The molecule has 0 fully saturated rings. The van der Waals surface area contributed by atoms with Crippen LogP contribution in [0.4, 0.5) is 14.5 Å². The SMILES string of the molecule is C[C@@H](Cc1ccc(F)c(F)c1)C(=O)N[C@H]1N=C(c2ccc3c(c2)CCCC3=O)c2ccccc2N(C)C1=O. The molecule has 8 heteroatoms. The van der Waals surface area contributed by atoms with Crippen molar-refractivity contribution in [3.8, 4) is 0 Å². The number of aliphatic imine (C=N–C) groups is 1. The molecule has 0 unspecified atom stereocenters. The van der Waals surface area contributed by atoms with Crippen molar-refractivity contribution in [3.05, 3.63) is 100 Å². The zero-order valence-corrected chi connectivity index (χ0v) is 21.1. The zero-order chi connectivity index (χ0) is 27.0. The first-order chi connectivity index (χ1) is 18.2. The summed E-state index contributed by atoms with van der Waals surface area (Å²) in [7, 11) is 1.63. The summed E-state index contributed by atoms with van der Waals surface area (Å²) in [6, 6.07) is 16.5. The number of halogens is 2. The van der Waals surface area contributed by atoms with Gasteiger partial charge in [-0.05, 0) is 54.7 Å². The highest BCUT2D eigenvalue weighted by molar-refractivity contribution is 6.20. The lowest BCUT2D eigenvalue weighted by Gasteiger charge is -2.22. The molecule has 5 rings (SSSR count). The highest BCUT2D eigenvalue weighted by Crippen LogP contribution is 2.29. The van der Waals surface area contributed by atoms with Gasteiger partial charge in [-0.3, -0.25) is 14.4 Å². The van der Waals surface area contributed by atoms with E-state index in [4.69, 9.17) is 4.99 Å². The van der Waals surface area contributed by atoms with Crippen LogP contribution in [-0.2, 0) is 22.4 Å². The smallest absolute Gasteiger partial charge is 0.272 e. The predicted octanol–water partition coefficient (Wildman–Crippen LogP) is 4.62. The Bertz CT molecular complexity index is 1480. The summed E-state index contributed by atoms with van der Waals surface area (Å²) in [5.74, 6) is -3.28. The lowest BCUT2D eigenvalue weighted by atomic mass is 9.88. The van der Waals surface area contributed by atoms with E-state index in [1.807, 2.05) is 42.5 Å². The van der Waals surface area contributed by atoms with Crippen LogP contribution in [-0.4, -0.2) is 36.5 Å². The monoisotopic (exact) mass is 515 g/mol. The highest BCUT2D eigenvalue weighted by atomic mass is 19.2. The summed E-state index contributed by atoms with van der Waals surface area (Å²) in [6.07, 6.45) is 1.07. The summed E-state index contributed by atoms with van der Waals surface area (Å²) >= 11 is 0. The number of benzodiazepines with no additional fused rings is 1. The molecule has 1 N–H and O–H groups in total. The molecule has 3 aromatic rings. The fraction of sp³-hybridized carbons (Fsp3) is 0.267. The van der Waals surface area contributed by atoms with Gasteiger partial charge in [0.1, 0.15) is 0 Å². The number of hydrogen-bond acceptors (Lipinski definition) is 4. The van der Waals surface area contributed by atoms with Crippen LogP contribution >= 0.6 is 0 Å². The number of para-hydroxylation sites is 1. The van der Waals surface area contributed by atoms with Crippen LogP contribution < -0.4 is 10.2 Å². The molecule has 0 saturated carbocycles. The molecule has 6 nitrogen and oxygen atoms in total. The van der Waals surface area contributed by atoms with Gasteiger partial charge >= 0.3 is 0 Å². The van der Waals surface area contributed by atoms with Crippen molar-refractivity contribution in [2.75, 3.05) is 11.9 Å². The first-order valence-electron chi connectivity index (χ1n) is 12.6. The van der Waals surface area contributed by atoms with E-state index in [-0.39, 0.29) is 12.2 Å². The molecular weight excluding hydrogens is 488 g/mol. The number of carbonyl (C=O) groups is 3. The number of hydrogen-bond donors (Lipinski definition) is 1. The molecule has 0 radical (unpaired) electrons. The molecule has 0 saturated heterocycles. The van der Waals surface area contributed by atoms with E-state index in [2.05, 4.69) is 5.32 Å². The quantitative estimate of drug-likeness (QED) is 0.539. The molecule has 1 heterocycles. The Labute approximate surface area is 219 Å². The average Bonchev–Trinajstić information content (AvgIpc) is 3.01. The Morgan fingerprint density at radius 3 is 2.61 bits per heavy atom. The summed E-state index contributed by atoms with van der Waals surface area (Å²) in [5.41, 5.74) is 4.81. The maximum Gasteiger partial charge on any atom is 0.272 e. The summed E-state index contributed by atoms with van der Waals surface area (Å²) in [5, 5.41) is 2.75. The fourth-order valence-corrected chi connectivity index (χ4v) is 5.03. The summed E-state index contributed by atoms with van der Waals surface area (Å²) in [4.78, 5) is 45.1. The van der Waals surface area contributed by atoms with Crippen molar-refractivity contribution in [3.63, 3.8) is 0 Å². The molecular formula is C30H27F2N3O3. The standard InChI is InChI=1S/C30H27F2N3O3/c1-17(14-18-10-13-23(31)24(32)15-18)29(37)34-28-30(38)35(2)25-8-4-3-7-22(25)27(33-28)20-11-12-21-19(16-20)6-5-9-26(21)36/h3-4,7-8,10-13,15-17,28H,5-6,9,14H2,1-2H3,(H,34,37)/t17-,28+/m0/s1. The minimum absolute atomic E-state index is 0.121. The van der Waals surface area contributed by atoms with Gasteiger partial charge in [0.15, 0.2) is 17.4 Å². The Morgan fingerprint density at radius 2 is 1.82 bits per heavy atom. The van der Waals surface area contributed by atoms with Crippen LogP contribution in [0.2, 0.25) is 0 Å².